The van der Waals surface area contributed by atoms with Gasteiger partial charge in [0.15, 0.2) is 0 Å². The zero-order valence-corrected chi connectivity index (χ0v) is 11.2. The van der Waals surface area contributed by atoms with Crippen LogP contribution >= 0.6 is 0 Å². The molecule has 1 aliphatic rings. The van der Waals surface area contributed by atoms with Crippen LogP contribution in [0, 0.1) is 0 Å². The molecule has 0 aliphatic carbocycles. The number of rotatable bonds is 2. The summed E-state index contributed by atoms with van der Waals surface area (Å²) in [7, 11) is 0. The number of hydrogen-bond donors (Lipinski definition) is 1. The molecule has 0 aromatic heterocycles. The molecule has 2 aromatic rings. The molecule has 110 valence electrons. The van der Waals surface area contributed by atoms with E-state index in [0.717, 1.165) is 29.1 Å². The van der Waals surface area contributed by atoms with Crippen molar-refractivity contribution < 1.29 is 17.9 Å². The van der Waals surface area contributed by atoms with Gasteiger partial charge < -0.3 is 10.1 Å². The van der Waals surface area contributed by atoms with Crippen LogP contribution < -0.4 is 10.1 Å². The molecule has 0 radical (unpaired) electrons. The van der Waals surface area contributed by atoms with Crippen molar-refractivity contribution in [3.63, 3.8) is 0 Å². The number of benzene rings is 2. The summed E-state index contributed by atoms with van der Waals surface area (Å²) in [5.41, 5.74) is 1.15. The Morgan fingerprint density at radius 1 is 1.05 bits per heavy atom. The van der Waals surface area contributed by atoms with Crippen molar-refractivity contribution in [3.8, 4) is 5.75 Å². The molecule has 2 nitrogen and oxygen atoms in total. The summed E-state index contributed by atoms with van der Waals surface area (Å²) in [4.78, 5) is 0. The van der Waals surface area contributed by atoms with Crippen LogP contribution in [0.4, 0.5) is 18.9 Å². The Bertz CT molecular complexity index is 622. The maximum absolute atomic E-state index is 12.5. The van der Waals surface area contributed by atoms with Gasteiger partial charge in [0, 0.05) is 0 Å². The average molecular weight is 293 g/mol. The highest BCUT2D eigenvalue weighted by molar-refractivity contribution is 5.58. The maximum Gasteiger partial charge on any atom is 0.416 e. The predicted molar refractivity (Wildman–Crippen MR) is 74.5 cm³/mol. The first-order valence-electron chi connectivity index (χ1n) is 6.67. The first-order valence-corrected chi connectivity index (χ1v) is 6.67. The summed E-state index contributed by atoms with van der Waals surface area (Å²) in [5.74, 6) is 0.807. The maximum atomic E-state index is 12.5. The molecule has 0 saturated heterocycles. The second-order valence-corrected chi connectivity index (χ2v) is 5.05. The molecule has 1 atom stereocenters. The van der Waals surface area contributed by atoms with Gasteiger partial charge in [0.2, 0.25) is 0 Å². The minimum Gasteiger partial charge on any atom is -0.489 e. The third-order valence-corrected chi connectivity index (χ3v) is 3.45. The van der Waals surface area contributed by atoms with Gasteiger partial charge in [-0.1, -0.05) is 24.3 Å². The first kappa shape index (κ1) is 13.8. The Kier molecular flexibility index (Phi) is 3.49. The molecule has 1 unspecified atom stereocenters. The van der Waals surface area contributed by atoms with Crippen LogP contribution in [0.1, 0.15) is 11.1 Å². The lowest BCUT2D eigenvalue weighted by atomic mass is 10.0. The molecule has 3 rings (SSSR count). The van der Waals surface area contributed by atoms with E-state index in [9.17, 15) is 13.2 Å². The Hall–Kier alpha value is -2.17. The van der Waals surface area contributed by atoms with Gasteiger partial charge in [0.25, 0.3) is 0 Å². The molecule has 5 heteroatoms. The van der Waals surface area contributed by atoms with E-state index in [1.807, 2.05) is 24.3 Å². The van der Waals surface area contributed by atoms with E-state index in [0.29, 0.717) is 13.0 Å². The van der Waals surface area contributed by atoms with Crippen LogP contribution in [0.3, 0.4) is 0 Å². The van der Waals surface area contributed by atoms with Crippen molar-refractivity contribution >= 4 is 5.69 Å². The monoisotopic (exact) mass is 293 g/mol. The second kappa shape index (κ2) is 5.31. The lowest BCUT2D eigenvalue weighted by molar-refractivity contribution is -0.137. The number of anilines is 1. The van der Waals surface area contributed by atoms with Crippen molar-refractivity contribution in [1.82, 2.24) is 0 Å². The topological polar surface area (TPSA) is 21.3 Å². The quantitative estimate of drug-likeness (QED) is 0.899. The number of hydrogen-bond acceptors (Lipinski definition) is 2. The smallest absolute Gasteiger partial charge is 0.416 e. The van der Waals surface area contributed by atoms with Gasteiger partial charge in [0.05, 0.1) is 17.3 Å². The fraction of sp³-hybridized carbons (Fsp3) is 0.250. The summed E-state index contributed by atoms with van der Waals surface area (Å²) in [5, 5.41) is 3.34. The summed E-state index contributed by atoms with van der Waals surface area (Å²) >= 11 is 0. The van der Waals surface area contributed by atoms with Crippen molar-refractivity contribution in [2.24, 2.45) is 0 Å². The summed E-state index contributed by atoms with van der Waals surface area (Å²) in [6.07, 6.45) is -3.67. The van der Waals surface area contributed by atoms with Crippen molar-refractivity contribution in [3.05, 3.63) is 59.7 Å². The van der Waals surface area contributed by atoms with Gasteiger partial charge in [0.1, 0.15) is 12.4 Å². The minimum absolute atomic E-state index is 0.0524. The third kappa shape index (κ3) is 3.12. The molecule has 21 heavy (non-hydrogen) atoms. The fourth-order valence-electron chi connectivity index (χ4n) is 2.39. The van der Waals surface area contributed by atoms with Gasteiger partial charge in [-0.15, -0.1) is 0 Å². The Morgan fingerprint density at radius 2 is 1.76 bits per heavy atom. The van der Waals surface area contributed by atoms with E-state index in [1.54, 1.807) is 0 Å². The minimum atomic E-state index is -4.29. The summed E-state index contributed by atoms with van der Waals surface area (Å²) in [6.45, 7) is 0.498. The lowest BCUT2D eigenvalue weighted by Crippen LogP contribution is -2.33. The van der Waals surface area contributed by atoms with Crippen LogP contribution in [-0.2, 0) is 12.6 Å². The van der Waals surface area contributed by atoms with Crippen LogP contribution in [-0.4, -0.2) is 12.6 Å². The number of halogens is 3. The average Bonchev–Trinajstić information content (AvgIpc) is 2.47. The molecule has 1 N–H and O–H groups in total. The van der Waals surface area contributed by atoms with E-state index in [4.69, 9.17) is 4.74 Å². The second-order valence-electron chi connectivity index (χ2n) is 5.05. The van der Waals surface area contributed by atoms with Crippen molar-refractivity contribution in [2.45, 2.75) is 18.6 Å². The summed E-state index contributed by atoms with van der Waals surface area (Å²) in [6, 6.07) is 12.9. The van der Waals surface area contributed by atoms with Crippen molar-refractivity contribution in [2.75, 3.05) is 11.9 Å². The van der Waals surface area contributed by atoms with Crippen LogP contribution in [0.5, 0.6) is 5.75 Å². The van der Waals surface area contributed by atoms with E-state index < -0.39 is 11.7 Å². The number of fused-ring (bicyclic) bond motifs is 1. The predicted octanol–water partition coefficient (Wildman–Crippen LogP) is 4.12. The third-order valence-electron chi connectivity index (χ3n) is 3.45. The largest absolute Gasteiger partial charge is 0.489 e. The standard InChI is InChI=1S/C16H14F3NO/c17-16(18,19)12-7-5-11(6-8-12)9-13-10-21-15-4-2-1-3-14(15)20-13/h1-8,13,20H,9-10H2. The Morgan fingerprint density at radius 3 is 2.48 bits per heavy atom. The number of para-hydroxylation sites is 2. The molecule has 0 bridgehead atoms. The highest BCUT2D eigenvalue weighted by atomic mass is 19.4. The molecular weight excluding hydrogens is 279 g/mol. The summed E-state index contributed by atoms with van der Waals surface area (Å²) < 4.78 is 43.2. The van der Waals surface area contributed by atoms with Gasteiger partial charge in [-0.05, 0) is 36.2 Å². The molecule has 1 aliphatic heterocycles. The van der Waals surface area contributed by atoms with Gasteiger partial charge >= 0.3 is 6.18 Å². The highest BCUT2D eigenvalue weighted by Crippen LogP contribution is 2.31. The van der Waals surface area contributed by atoms with E-state index in [1.165, 1.54) is 12.1 Å². The van der Waals surface area contributed by atoms with E-state index in [-0.39, 0.29) is 6.04 Å². The number of ether oxygens (including phenoxy) is 1. The molecule has 0 saturated carbocycles. The zero-order valence-electron chi connectivity index (χ0n) is 11.2. The molecule has 0 fully saturated rings. The van der Waals surface area contributed by atoms with Crippen LogP contribution in [0.15, 0.2) is 48.5 Å². The first-order chi connectivity index (χ1) is 10.0. The fourth-order valence-corrected chi connectivity index (χ4v) is 2.39. The number of alkyl halides is 3. The highest BCUT2D eigenvalue weighted by Gasteiger charge is 2.30. The van der Waals surface area contributed by atoms with Gasteiger partial charge in [-0.25, -0.2) is 0 Å². The molecular formula is C16H14F3NO. The Labute approximate surface area is 120 Å². The van der Waals surface area contributed by atoms with Gasteiger partial charge in [-0.3, -0.25) is 0 Å². The molecule has 1 heterocycles. The van der Waals surface area contributed by atoms with Crippen LogP contribution in [0.2, 0.25) is 0 Å². The zero-order chi connectivity index (χ0) is 14.9. The molecule has 2 aromatic carbocycles. The Balaban J connectivity index is 1.68. The normalized spacial score (nSPS) is 17.6. The molecule has 0 amide bonds. The SMILES string of the molecule is FC(F)(F)c1ccc(CC2COc3ccccc3N2)cc1. The van der Waals surface area contributed by atoms with Crippen molar-refractivity contribution in [1.29, 1.82) is 0 Å². The van der Waals surface area contributed by atoms with Crippen LogP contribution in [0.25, 0.3) is 0 Å². The van der Waals surface area contributed by atoms with E-state index >= 15 is 0 Å². The van der Waals surface area contributed by atoms with E-state index in [2.05, 4.69) is 5.32 Å². The molecule has 0 spiro atoms. The van der Waals surface area contributed by atoms with Gasteiger partial charge in [-0.2, -0.15) is 13.2 Å². The lowest BCUT2D eigenvalue weighted by Gasteiger charge is -2.27. The number of nitrogens with one attached hydrogen (secondary N) is 1.